The summed E-state index contributed by atoms with van der Waals surface area (Å²) in [5, 5.41) is 0. The SMILES string of the molecule is C=CCN(CC=C)[C](C)C. The summed E-state index contributed by atoms with van der Waals surface area (Å²) in [6.45, 7) is 13.4. The minimum atomic E-state index is 0.911. The van der Waals surface area contributed by atoms with E-state index in [1.54, 1.807) is 0 Å². The van der Waals surface area contributed by atoms with Gasteiger partial charge in [-0.25, -0.2) is 0 Å². The van der Waals surface area contributed by atoms with Crippen molar-refractivity contribution in [1.29, 1.82) is 0 Å². The van der Waals surface area contributed by atoms with Crippen LogP contribution in [0.25, 0.3) is 0 Å². The Labute approximate surface area is 64.0 Å². The molecule has 1 radical (unpaired) electrons. The second kappa shape index (κ2) is 5.24. The zero-order valence-electron chi connectivity index (χ0n) is 6.93. The van der Waals surface area contributed by atoms with Gasteiger partial charge in [-0.2, -0.15) is 0 Å². The van der Waals surface area contributed by atoms with E-state index in [0.717, 1.165) is 13.1 Å². The van der Waals surface area contributed by atoms with Crippen LogP contribution < -0.4 is 0 Å². The molecule has 0 saturated heterocycles. The molecule has 0 aromatic carbocycles. The van der Waals surface area contributed by atoms with Gasteiger partial charge in [0.05, 0.1) is 0 Å². The highest BCUT2D eigenvalue weighted by molar-refractivity contribution is 4.88. The monoisotopic (exact) mass is 138 g/mol. The highest BCUT2D eigenvalue weighted by Gasteiger charge is 2.03. The summed E-state index contributed by atoms with van der Waals surface area (Å²) in [6, 6.07) is 1.31. The largest absolute Gasteiger partial charge is 0.289 e. The van der Waals surface area contributed by atoms with Crippen LogP contribution in [0.2, 0.25) is 0 Å². The van der Waals surface area contributed by atoms with Gasteiger partial charge in [-0.05, 0) is 13.8 Å². The summed E-state index contributed by atoms with van der Waals surface area (Å²) >= 11 is 0. The summed E-state index contributed by atoms with van der Waals surface area (Å²) in [4.78, 5) is 2.21. The maximum atomic E-state index is 3.68. The van der Waals surface area contributed by atoms with Gasteiger partial charge in [-0.1, -0.05) is 12.2 Å². The first kappa shape index (κ1) is 9.44. The van der Waals surface area contributed by atoms with Gasteiger partial charge in [0, 0.05) is 19.1 Å². The fourth-order valence-electron chi connectivity index (χ4n) is 0.751. The third kappa shape index (κ3) is 3.46. The smallest absolute Gasteiger partial charge is 0.0338 e. The predicted octanol–water partition coefficient (Wildman–Crippen LogP) is 2.23. The third-order valence-corrected chi connectivity index (χ3v) is 1.33. The lowest BCUT2D eigenvalue weighted by molar-refractivity contribution is 0.358. The van der Waals surface area contributed by atoms with Crippen molar-refractivity contribution in [2.24, 2.45) is 0 Å². The van der Waals surface area contributed by atoms with E-state index in [0.29, 0.717) is 0 Å². The quantitative estimate of drug-likeness (QED) is 0.527. The van der Waals surface area contributed by atoms with E-state index in [1.165, 1.54) is 6.04 Å². The van der Waals surface area contributed by atoms with E-state index in [9.17, 15) is 0 Å². The summed E-state index contributed by atoms with van der Waals surface area (Å²) in [5.41, 5.74) is 0. The predicted molar refractivity (Wildman–Crippen MR) is 46.6 cm³/mol. The lowest BCUT2D eigenvalue weighted by atomic mass is 10.3. The lowest BCUT2D eigenvalue weighted by Crippen LogP contribution is -2.25. The van der Waals surface area contributed by atoms with Crippen molar-refractivity contribution >= 4 is 0 Å². The summed E-state index contributed by atoms with van der Waals surface area (Å²) < 4.78 is 0. The molecule has 0 heterocycles. The Kier molecular flexibility index (Phi) is 4.95. The number of hydrogen-bond donors (Lipinski definition) is 0. The molecule has 0 spiro atoms. The van der Waals surface area contributed by atoms with Crippen molar-refractivity contribution in [2.45, 2.75) is 13.8 Å². The Morgan fingerprint density at radius 2 is 1.60 bits per heavy atom. The van der Waals surface area contributed by atoms with Crippen molar-refractivity contribution in [2.75, 3.05) is 13.1 Å². The molecule has 0 aliphatic heterocycles. The second-order valence-corrected chi connectivity index (χ2v) is 2.43. The molecule has 0 bridgehead atoms. The van der Waals surface area contributed by atoms with Gasteiger partial charge in [0.25, 0.3) is 0 Å². The van der Waals surface area contributed by atoms with Crippen molar-refractivity contribution in [1.82, 2.24) is 4.90 Å². The number of nitrogens with zero attached hydrogens (tertiary/aromatic N) is 1. The van der Waals surface area contributed by atoms with E-state index in [2.05, 4.69) is 31.9 Å². The zero-order valence-corrected chi connectivity index (χ0v) is 6.93. The summed E-state index contributed by atoms with van der Waals surface area (Å²) in [5.74, 6) is 0. The molecule has 0 aromatic heterocycles. The van der Waals surface area contributed by atoms with Crippen molar-refractivity contribution in [3.05, 3.63) is 31.4 Å². The highest BCUT2D eigenvalue weighted by atomic mass is 15.1. The number of hydrogen-bond acceptors (Lipinski definition) is 1. The molecule has 0 atom stereocenters. The molecule has 0 unspecified atom stereocenters. The minimum absolute atomic E-state index is 0.911. The van der Waals surface area contributed by atoms with Crippen molar-refractivity contribution in [3.63, 3.8) is 0 Å². The van der Waals surface area contributed by atoms with Gasteiger partial charge in [0.15, 0.2) is 0 Å². The van der Waals surface area contributed by atoms with Crippen LogP contribution in [0.4, 0.5) is 0 Å². The maximum absolute atomic E-state index is 3.68. The van der Waals surface area contributed by atoms with Crippen LogP contribution in [-0.4, -0.2) is 18.0 Å². The molecule has 0 amide bonds. The molecule has 0 aromatic rings. The molecular formula is C9H16N. The van der Waals surface area contributed by atoms with Gasteiger partial charge in [-0.15, -0.1) is 13.2 Å². The highest BCUT2D eigenvalue weighted by Crippen LogP contribution is 2.04. The minimum Gasteiger partial charge on any atom is -0.289 e. The normalized spacial score (nSPS) is 10.4. The average Bonchev–Trinajstić information content (AvgIpc) is 1.87. The first-order valence-electron chi connectivity index (χ1n) is 3.49. The van der Waals surface area contributed by atoms with Crippen LogP contribution in [-0.2, 0) is 0 Å². The summed E-state index contributed by atoms with van der Waals surface area (Å²) in [7, 11) is 0. The van der Waals surface area contributed by atoms with Gasteiger partial charge in [0.1, 0.15) is 0 Å². The third-order valence-electron chi connectivity index (χ3n) is 1.33. The Hall–Kier alpha value is -0.560. The standard InChI is InChI=1S/C9H16N/c1-5-7-10(8-6-2)9(3)4/h5-6H,1-2,7-8H2,3-4H3. The second-order valence-electron chi connectivity index (χ2n) is 2.43. The van der Waals surface area contributed by atoms with Gasteiger partial charge in [0.2, 0.25) is 0 Å². The molecule has 0 fully saturated rings. The first-order valence-corrected chi connectivity index (χ1v) is 3.49. The van der Waals surface area contributed by atoms with Crippen molar-refractivity contribution < 1.29 is 0 Å². The molecule has 10 heavy (non-hydrogen) atoms. The lowest BCUT2D eigenvalue weighted by Gasteiger charge is -2.21. The Balaban J connectivity index is 3.70. The van der Waals surface area contributed by atoms with E-state index >= 15 is 0 Å². The molecule has 1 heteroatoms. The summed E-state index contributed by atoms with van der Waals surface area (Å²) in [6.07, 6.45) is 3.80. The maximum Gasteiger partial charge on any atom is 0.0338 e. The molecule has 0 rings (SSSR count). The molecule has 0 saturated carbocycles. The Morgan fingerprint density at radius 3 is 1.80 bits per heavy atom. The number of rotatable bonds is 5. The Morgan fingerprint density at radius 1 is 1.20 bits per heavy atom. The van der Waals surface area contributed by atoms with Gasteiger partial charge >= 0.3 is 0 Å². The molecular weight excluding hydrogens is 122 g/mol. The van der Waals surface area contributed by atoms with Crippen LogP contribution in [0.15, 0.2) is 25.3 Å². The van der Waals surface area contributed by atoms with E-state index in [1.807, 2.05) is 12.2 Å². The molecule has 0 aliphatic carbocycles. The molecule has 0 aliphatic rings. The van der Waals surface area contributed by atoms with Crippen LogP contribution in [0.3, 0.4) is 0 Å². The Bertz CT molecular complexity index is 95.3. The van der Waals surface area contributed by atoms with Crippen LogP contribution >= 0.6 is 0 Å². The molecule has 0 N–H and O–H groups in total. The van der Waals surface area contributed by atoms with E-state index < -0.39 is 0 Å². The fraction of sp³-hybridized carbons (Fsp3) is 0.444. The first-order chi connectivity index (χ1) is 4.72. The van der Waals surface area contributed by atoms with Crippen LogP contribution in [0.5, 0.6) is 0 Å². The van der Waals surface area contributed by atoms with Gasteiger partial charge < -0.3 is 0 Å². The fourth-order valence-corrected chi connectivity index (χ4v) is 0.751. The van der Waals surface area contributed by atoms with E-state index in [4.69, 9.17) is 0 Å². The molecule has 57 valence electrons. The average molecular weight is 138 g/mol. The van der Waals surface area contributed by atoms with Crippen molar-refractivity contribution in [3.8, 4) is 0 Å². The van der Waals surface area contributed by atoms with Crippen LogP contribution in [0.1, 0.15) is 13.8 Å². The molecule has 1 nitrogen and oxygen atoms in total. The van der Waals surface area contributed by atoms with Gasteiger partial charge in [-0.3, -0.25) is 4.90 Å². The van der Waals surface area contributed by atoms with Crippen LogP contribution in [0, 0.1) is 6.04 Å². The zero-order chi connectivity index (χ0) is 7.98. The topological polar surface area (TPSA) is 3.24 Å². The van der Waals surface area contributed by atoms with E-state index in [-0.39, 0.29) is 0 Å².